The Morgan fingerprint density at radius 3 is 1.63 bits per heavy atom. The second kappa shape index (κ2) is 8.75. The first-order valence-electron chi connectivity index (χ1n) is 15.1. The number of aromatic amines is 2. The van der Waals surface area contributed by atoms with Crippen molar-refractivity contribution in [3.63, 3.8) is 0 Å². The highest BCUT2D eigenvalue weighted by Crippen LogP contribution is 2.45. The number of rotatable bonds is 4. The predicted molar refractivity (Wildman–Crippen MR) is 166 cm³/mol. The number of aromatic nitrogens is 4. The molecule has 4 aromatic carbocycles. The van der Waals surface area contributed by atoms with E-state index in [1.807, 2.05) is 0 Å². The summed E-state index contributed by atoms with van der Waals surface area (Å²) in [7, 11) is 0. The van der Waals surface area contributed by atoms with Crippen molar-refractivity contribution in [1.82, 2.24) is 30.6 Å². The van der Waals surface area contributed by atoms with Crippen LogP contribution in [-0.4, -0.2) is 32.0 Å². The van der Waals surface area contributed by atoms with Gasteiger partial charge < -0.3 is 20.6 Å². The molecule has 3 fully saturated rings. The van der Waals surface area contributed by atoms with Gasteiger partial charge in [-0.05, 0) is 107 Å². The van der Waals surface area contributed by atoms with E-state index in [1.165, 1.54) is 45.9 Å². The van der Waals surface area contributed by atoms with Crippen molar-refractivity contribution in [2.45, 2.75) is 57.3 Å². The van der Waals surface area contributed by atoms with Crippen molar-refractivity contribution in [1.29, 1.82) is 0 Å². The number of imidazole rings is 2. The summed E-state index contributed by atoms with van der Waals surface area (Å²) in [5.41, 5.74) is 9.13. The fourth-order valence-corrected chi connectivity index (χ4v) is 7.20. The average molecular weight is 539 g/mol. The van der Waals surface area contributed by atoms with E-state index in [0.717, 1.165) is 52.1 Å². The van der Waals surface area contributed by atoms with E-state index in [4.69, 9.17) is 9.97 Å². The molecule has 2 aromatic heterocycles. The fourth-order valence-electron chi connectivity index (χ4n) is 7.20. The normalized spacial score (nSPS) is 27.3. The lowest BCUT2D eigenvalue weighted by atomic mass is 9.97. The number of piperidine rings is 1. The minimum Gasteiger partial charge on any atom is -0.341 e. The third kappa shape index (κ3) is 4.00. The minimum absolute atomic E-state index is 0.302. The van der Waals surface area contributed by atoms with E-state index in [9.17, 15) is 0 Å². The number of fused-ring (bicyclic) bond motifs is 4. The van der Waals surface area contributed by atoms with Crippen LogP contribution in [-0.2, 0) is 0 Å². The molecule has 3 aliphatic rings. The van der Waals surface area contributed by atoms with Crippen LogP contribution in [0, 0.1) is 11.8 Å². The number of hydrogen-bond acceptors (Lipinski definition) is 4. The maximum absolute atomic E-state index is 4.90. The van der Waals surface area contributed by atoms with Crippen molar-refractivity contribution in [3.05, 3.63) is 84.4 Å². The summed E-state index contributed by atoms with van der Waals surface area (Å²) in [5.74, 6) is 3.65. The highest BCUT2D eigenvalue weighted by molar-refractivity contribution is 5.93. The summed E-state index contributed by atoms with van der Waals surface area (Å²) in [6, 6.07) is 28.6. The summed E-state index contributed by atoms with van der Waals surface area (Å²) < 4.78 is 0. The van der Waals surface area contributed by atoms with Gasteiger partial charge in [-0.1, -0.05) is 43.3 Å². The molecule has 4 N–H and O–H groups in total. The molecule has 0 bridgehead atoms. The zero-order valence-electron chi connectivity index (χ0n) is 23.4. The van der Waals surface area contributed by atoms with Crippen LogP contribution in [0.15, 0.2) is 72.8 Å². The molecule has 6 aromatic rings. The molecule has 6 atom stereocenters. The first kappa shape index (κ1) is 23.7. The highest BCUT2D eigenvalue weighted by Gasteiger charge is 2.46. The molecule has 1 saturated carbocycles. The molecule has 1 aliphatic carbocycles. The lowest BCUT2D eigenvalue weighted by Crippen LogP contribution is -2.24. The van der Waals surface area contributed by atoms with Gasteiger partial charge in [-0.15, -0.1) is 0 Å². The van der Waals surface area contributed by atoms with E-state index in [1.54, 1.807) is 0 Å². The van der Waals surface area contributed by atoms with Crippen molar-refractivity contribution in [2.75, 3.05) is 0 Å². The number of benzene rings is 4. The van der Waals surface area contributed by atoms with E-state index in [0.29, 0.717) is 24.0 Å². The summed E-state index contributed by atoms with van der Waals surface area (Å²) in [4.78, 5) is 17.0. The van der Waals surface area contributed by atoms with Crippen LogP contribution in [0.2, 0.25) is 0 Å². The zero-order valence-corrected chi connectivity index (χ0v) is 23.4. The molecule has 0 amide bonds. The van der Waals surface area contributed by atoms with Gasteiger partial charge in [0.2, 0.25) is 0 Å². The van der Waals surface area contributed by atoms with Gasteiger partial charge in [-0.25, -0.2) is 9.97 Å². The molecule has 6 nitrogen and oxygen atoms in total. The lowest BCUT2D eigenvalue weighted by molar-refractivity contribution is 0.516. The smallest absolute Gasteiger partial charge is 0.124 e. The molecule has 204 valence electrons. The second-order valence-corrected chi connectivity index (χ2v) is 12.8. The molecule has 41 heavy (non-hydrogen) atoms. The van der Waals surface area contributed by atoms with Crippen molar-refractivity contribution in [2.24, 2.45) is 11.8 Å². The standard InChI is InChI=1S/C35H34N6/c1-18-11-32(36-19(18)2)34-38-27-9-7-24(14-30(27)40-34)22-5-3-21-13-23(6-4-20(21)12-22)25-8-10-28-31(15-25)41-35(39-28)33-17-26-16-29(26)37-33/h3-10,12-15,18-19,26,29,32-33,36-37H,11,16-17H2,1-2H3,(H,38,40)(H,39,41)/t18-,19-,26-,29-,32+,33+/m1/s1. The van der Waals surface area contributed by atoms with Crippen LogP contribution in [0.3, 0.4) is 0 Å². The number of hydrogen-bond donors (Lipinski definition) is 4. The molecule has 6 heteroatoms. The van der Waals surface area contributed by atoms with Crippen molar-refractivity contribution in [3.8, 4) is 22.3 Å². The molecule has 4 heterocycles. The number of H-pyrrole nitrogens is 2. The monoisotopic (exact) mass is 538 g/mol. The quantitative estimate of drug-likeness (QED) is 0.188. The van der Waals surface area contributed by atoms with Gasteiger partial charge >= 0.3 is 0 Å². The Kier molecular flexibility index (Phi) is 5.05. The molecule has 0 radical (unpaired) electrons. The van der Waals surface area contributed by atoms with Crippen molar-refractivity contribution >= 4 is 32.8 Å². The Morgan fingerprint density at radius 2 is 1.12 bits per heavy atom. The van der Waals surface area contributed by atoms with Gasteiger partial charge in [0.1, 0.15) is 11.6 Å². The van der Waals surface area contributed by atoms with Gasteiger partial charge in [0.15, 0.2) is 0 Å². The number of nitrogens with zero attached hydrogens (tertiary/aromatic N) is 2. The topological polar surface area (TPSA) is 81.4 Å². The minimum atomic E-state index is 0.302. The van der Waals surface area contributed by atoms with E-state index in [-0.39, 0.29) is 0 Å². The van der Waals surface area contributed by atoms with E-state index >= 15 is 0 Å². The van der Waals surface area contributed by atoms with Crippen LogP contribution < -0.4 is 10.6 Å². The first-order chi connectivity index (χ1) is 20.0. The van der Waals surface area contributed by atoms with Crippen LogP contribution in [0.4, 0.5) is 0 Å². The fraction of sp³-hybridized carbons (Fsp3) is 0.314. The van der Waals surface area contributed by atoms with E-state index in [2.05, 4.69) is 107 Å². The van der Waals surface area contributed by atoms with Crippen LogP contribution in [0.25, 0.3) is 55.1 Å². The molecule has 0 spiro atoms. The zero-order chi connectivity index (χ0) is 27.2. The largest absolute Gasteiger partial charge is 0.341 e. The molecule has 9 rings (SSSR count). The van der Waals surface area contributed by atoms with Gasteiger partial charge in [0, 0.05) is 12.1 Å². The van der Waals surface area contributed by atoms with Crippen LogP contribution in [0.5, 0.6) is 0 Å². The Labute approximate surface area is 239 Å². The summed E-state index contributed by atoms with van der Waals surface area (Å²) >= 11 is 0. The second-order valence-electron chi connectivity index (χ2n) is 12.8. The maximum Gasteiger partial charge on any atom is 0.124 e. The highest BCUT2D eigenvalue weighted by atomic mass is 15.1. The lowest BCUT2D eigenvalue weighted by Gasteiger charge is -2.08. The number of nitrogens with one attached hydrogen (secondary N) is 4. The Hall–Kier alpha value is -4.00. The van der Waals surface area contributed by atoms with Gasteiger partial charge in [0.25, 0.3) is 0 Å². The van der Waals surface area contributed by atoms with Crippen molar-refractivity contribution < 1.29 is 0 Å². The summed E-state index contributed by atoms with van der Waals surface area (Å²) in [6.07, 6.45) is 3.66. The summed E-state index contributed by atoms with van der Waals surface area (Å²) in [5, 5.41) is 9.88. The Morgan fingerprint density at radius 1 is 0.585 bits per heavy atom. The third-order valence-electron chi connectivity index (χ3n) is 9.97. The first-order valence-corrected chi connectivity index (χ1v) is 15.1. The van der Waals surface area contributed by atoms with Gasteiger partial charge in [0.05, 0.1) is 34.2 Å². The summed E-state index contributed by atoms with van der Waals surface area (Å²) in [6.45, 7) is 4.57. The average Bonchev–Trinajstić information content (AvgIpc) is 3.42. The molecular weight excluding hydrogens is 504 g/mol. The molecule has 2 aliphatic heterocycles. The van der Waals surface area contributed by atoms with Gasteiger partial charge in [-0.3, -0.25) is 0 Å². The third-order valence-corrected chi connectivity index (χ3v) is 9.97. The van der Waals surface area contributed by atoms with E-state index < -0.39 is 0 Å². The molecule has 2 saturated heterocycles. The molecular formula is C35H34N6. The van der Waals surface area contributed by atoms with Crippen LogP contribution >= 0.6 is 0 Å². The molecule has 0 unspecified atom stereocenters. The predicted octanol–water partition coefficient (Wildman–Crippen LogP) is 7.41. The SMILES string of the molecule is C[C@@H]1C[C@@H](c2nc3ccc(-c4ccc5cc(-c6ccc7nc([C@@H]8C[C@H]9C[C@H]9N8)[nH]c7c6)ccc5c4)cc3[nH]2)N[C@@H]1C. The van der Waals surface area contributed by atoms with Crippen LogP contribution in [0.1, 0.15) is 56.8 Å². The van der Waals surface area contributed by atoms with Gasteiger partial charge in [-0.2, -0.15) is 0 Å². The Balaban J connectivity index is 0.994. The Bertz CT molecular complexity index is 1950. The maximum atomic E-state index is 4.90.